The van der Waals surface area contributed by atoms with Crippen LogP contribution in [-0.4, -0.2) is 45.9 Å². The highest BCUT2D eigenvalue weighted by atomic mass is 16.6. The molecule has 0 aromatic carbocycles. The van der Waals surface area contributed by atoms with Crippen molar-refractivity contribution in [2.24, 2.45) is 16.6 Å². The molecule has 0 heterocycles. The van der Waals surface area contributed by atoms with Crippen LogP contribution in [0.5, 0.6) is 0 Å². The molecule has 2 atom stereocenters. The molecule has 0 saturated heterocycles. The van der Waals surface area contributed by atoms with Gasteiger partial charge in [-0.05, 0) is 31.6 Å². The predicted molar refractivity (Wildman–Crippen MR) is 95.3 cm³/mol. The highest BCUT2D eigenvalue weighted by molar-refractivity contribution is 5.80. The van der Waals surface area contributed by atoms with Crippen molar-refractivity contribution in [1.29, 1.82) is 0 Å². The summed E-state index contributed by atoms with van der Waals surface area (Å²) in [5, 5.41) is 19.7. The third kappa shape index (κ3) is 12.2. The minimum atomic E-state index is -1.07. The molecule has 0 saturated carbocycles. The number of carboxylic acids is 2. The van der Waals surface area contributed by atoms with Gasteiger partial charge >= 0.3 is 18.0 Å². The molecule has 0 aromatic rings. The zero-order valence-corrected chi connectivity index (χ0v) is 16.8. The van der Waals surface area contributed by atoms with E-state index in [0.29, 0.717) is 0 Å². The first kappa shape index (κ1) is 25.4. The maximum Gasteiger partial charge on any atom is 0.408 e. The number of hydrogen-bond acceptors (Lipinski definition) is 5. The van der Waals surface area contributed by atoms with Crippen LogP contribution in [0.1, 0.15) is 62.3 Å². The lowest BCUT2D eigenvalue weighted by molar-refractivity contribution is -0.142. The van der Waals surface area contributed by atoms with E-state index in [-0.39, 0.29) is 5.41 Å². The Bertz CT molecular complexity index is 469. The Hall–Kier alpha value is -1.83. The van der Waals surface area contributed by atoms with Crippen LogP contribution in [0.25, 0.3) is 0 Å². The molecule has 0 rings (SSSR count). The number of amides is 1. The molecule has 0 spiro atoms. The van der Waals surface area contributed by atoms with Gasteiger partial charge in [-0.25, -0.2) is 9.59 Å². The van der Waals surface area contributed by atoms with Gasteiger partial charge in [-0.2, -0.15) is 0 Å². The van der Waals surface area contributed by atoms with E-state index in [1.807, 2.05) is 0 Å². The van der Waals surface area contributed by atoms with E-state index < -0.39 is 41.1 Å². The third-order valence-electron chi connectivity index (χ3n) is 2.97. The van der Waals surface area contributed by atoms with Crippen LogP contribution in [-0.2, 0) is 14.3 Å². The van der Waals surface area contributed by atoms with Crippen molar-refractivity contribution in [3.63, 3.8) is 0 Å². The summed E-state index contributed by atoms with van der Waals surface area (Å²) < 4.78 is 5.00. The van der Waals surface area contributed by atoms with E-state index in [0.717, 1.165) is 0 Å². The van der Waals surface area contributed by atoms with Crippen LogP contribution >= 0.6 is 0 Å². The second-order valence-electron chi connectivity index (χ2n) is 8.97. The van der Waals surface area contributed by atoms with Crippen molar-refractivity contribution in [2.45, 2.75) is 80.0 Å². The summed E-state index contributed by atoms with van der Waals surface area (Å²) in [6, 6.07) is -1.74. The van der Waals surface area contributed by atoms with E-state index in [4.69, 9.17) is 20.7 Å². The van der Waals surface area contributed by atoms with Crippen molar-refractivity contribution in [1.82, 2.24) is 5.32 Å². The molecule has 148 valence electrons. The summed E-state index contributed by atoms with van der Waals surface area (Å²) in [5.41, 5.74) is 3.75. The molecule has 8 nitrogen and oxygen atoms in total. The molecule has 1 amide bonds. The topological polar surface area (TPSA) is 139 Å². The molecule has 0 aliphatic carbocycles. The Labute approximate surface area is 150 Å². The van der Waals surface area contributed by atoms with Crippen LogP contribution in [0, 0.1) is 10.8 Å². The average molecular weight is 362 g/mol. The number of aliphatic carboxylic acids is 2. The van der Waals surface area contributed by atoms with Gasteiger partial charge in [0.25, 0.3) is 0 Å². The fourth-order valence-corrected chi connectivity index (χ4v) is 1.44. The predicted octanol–water partition coefficient (Wildman–Crippen LogP) is 2.45. The zero-order valence-electron chi connectivity index (χ0n) is 16.8. The largest absolute Gasteiger partial charge is 0.480 e. The van der Waals surface area contributed by atoms with E-state index in [9.17, 15) is 14.4 Å². The first-order chi connectivity index (χ1) is 10.8. The molecule has 5 N–H and O–H groups in total. The first-order valence-corrected chi connectivity index (χ1v) is 7.99. The van der Waals surface area contributed by atoms with Gasteiger partial charge in [-0.1, -0.05) is 41.5 Å². The first-order valence-electron chi connectivity index (χ1n) is 7.99. The van der Waals surface area contributed by atoms with Gasteiger partial charge in [0.05, 0.1) is 0 Å². The van der Waals surface area contributed by atoms with E-state index in [2.05, 4.69) is 5.32 Å². The molecule has 25 heavy (non-hydrogen) atoms. The maximum absolute atomic E-state index is 11.4. The van der Waals surface area contributed by atoms with Crippen molar-refractivity contribution < 1.29 is 29.3 Å². The number of carbonyl (C=O) groups excluding carboxylic acids is 1. The summed E-state index contributed by atoms with van der Waals surface area (Å²) in [6.45, 7) is 15.8. The summed E-state index contributed by atoms with van der Waals surface area (Å²) in [5.74, 6) is -2.01. The van der Waals surface area contributed by atoms with E-state index in [1.165, 1.54) is 0 Å². The van der Waals surface area contributed by atoms with Gasteiger partial charge in [0.2, 0.25) is 0 Å². The maximum atomic E-state index is 11.4. The summed E-state index contributed by atoms with van der Waals surface area (Å²) >= 11 is 0. The van der Waals surface area contributed by atoms with Crippen LogP contribution < -0.4 is 11.1 Å². The molecule has 0 radical (unpaired) electrons. The molecule has 0 aliphatic rings. The van der Waals surface area contributed by atoms with Crippen LogP contribution in [0.15, 0.2) is 0 Å². The highest BCUT2D eigenvalue weighted by Gasteiger charge is 2.33. The molecule has 0 unspecified atom stereocenters. The molecule has 8 heteroatoms. The summed E-state index contributed by atoms with van der Waals surface area (Å²) in [7, 11) is 0. The Kier molecular flexibility index (Phi) is 9.18. The lowest BCUT2D eigenvalue weighted by Crippen LogP contribution is -2.50. The third-order valence-corrected chi connectivity index (χ3v) is 2.97. The Balaban J connectivity index is 0. The number of nitrogens with two attached hydrogens (primary N) is 1. The summed E-state index contributed by atoms with van der Waals surface area (Å²) in [6.07, 6.45) is -0.713. The molecule has 0 bridgehead atoms. The zero-order chi connectivity index (χ0) is 20.8. The van der Waals surface area contributed by atoms with Gasteiger partial charge in [0, 0.05) is 0 Å². The lowest BCUT2D eigenvalue weighted by atomic mass is 9.87. The van der Waals surface area contributed by atoms with Crippen molar-refractivity contribution >= 4 is 18.0 Å². The number of carboxylic acid groups (broad SMARTS) is 2. The number of carbonyl (C=O) groups is 3. The molecule has 0 fully saturated rings. The van der Waals surface area contributed by atoms with Gasteiger partial charge in [0.15, 0.2) is 0 Å². The fraction of sp³-hybridized carbons (Fsp3) is 0.824. The smallest absolute Gasteiger partial charge is 0.408 e. The number of hydrogen-bond donors (Lipinski definition) is 4. The quantitative estimate of drug-likeness (QED) is 0.604. The average Bonchev–Trinajstić information content (AvgIpc) is 2.30. The minimum absolute atomic E-state index is 0.341. The van der Waals surface area contributed by atoms with Crippen LogP contribution in [0.3, 0.4) is 0 Å². The standard InChI is InChI=1S/C11H21NO4.C6H13NO2/c1-10(2,3)7(8(13)14)12-9(15)16-11(4,5)6;1-6(2,3)4(7)5(8)9/h7H,1-6H3,(H,12,15)(H,13,14);4H,7H2,1-3H3,(H,8,9)/t7-;4-/m11/s1. The second-order valence-corrected chi connectivity index (χ2v) is 8.97. The second kappa shape index (κ2) is 9.03. The van der Waals surface area contributed by atoms with Crippen LogP contribution in [0.4, 0.5) is 4.79 Å². The minimum Gasteiger partial charge on any atom is -0.480 e. The molecule has 0 aliphatic heterocycles. The van der Waals surface area contributed by atoms with Crippen molar-refractivity contribution in [2.75, 3.05) is 0 Å². The van der Waals surface area contributed by atoms with Crippen molar-refractivity contribution in [3.8, 4) is 0 Å². The molecule has 0 aromatic heterocycles. The van der Waals surface area contributed by atoms with Crippen molar-refractivity contribution in [3.05, 3.63) is 0 Å². The molecular weight excluding hydrogens is 328 g/mol. The number of ether oxygens (including phenoxy) is 1. The van der Waals surface area contributed by atoms with E-state index >= 15 is 0 Å². The van der Waals surface area contributed by atoms with Gasteiger partial charge in [-0.3, -0.25) is 4.79 Å². The Morgan fingerprint density at radius 1 is 0.840 bits per heavy atom. The monoisotopic (exact) mass is 362 g/mol. The van der Waals surface area contributed by atoms with E-state index in [1.54, 1.807) is 62.3 Å². The number of nitrogens with one attached hydrogen (secondary N) is 1. The molecular formula is C17H34N2O6. The lowest BCUT2D eigenvalue weighted by Gasteiger charge is -2.29. The normalized spacial score (nSPS) is 14.5. The Morgan fingerprint density at radius 3 is 1.40 bits per heavy atom. The van der Waals surface area contributed by atoms with Gasteiger partial charge in [-0.15, -0.1) is 0 Å². The van der Waals surface area contributed by atoms with Crippen LogP contribution in [0.2, 0.25) is 0 Å². The summed E-state index contributed by atoms with van der Waals surface area (Å²) in [4.78, 5) is 32.6. The SMILES string of the molecule is CC(C)(C)OC(=O)N[C@H](C(=O)O)C(C)(C)C.CC(C)(C)[C@H](N)C(=O)O. The van der Waals surface area contributed by atoms with Gasteiger partial charge < -0.3 is 26.0 Å². The number of alkyl carbamates (subject to hydrolysis) is 1. The fourth-order valence-electron chi connectivity index (χ4n) is 1.44. The highest BCUT2D eigenvalue weighted by Crippen LogP contribution is 2.20. The van der Waals surface area contributed by atoms with Gasteiger partial charge in [0.1, 0.15) is 17.7 Å². The Morgan fingerprint density at radius 2 is 1.24 bits per heavy atom. The number of rotatable bonds is 3.